The molecule has 0 unspecified atom stereocenters. The van der Waals surface area contributed by atoms with Crippen LogP contribution in [0.2, 0.25) is 0 Å². The smallest absolute Gasteiger partial charge is 0.252 e. The number of hydrogen-bond acceptors (Lipinski definition) is 5. The molecule has 0 fully saturated rings. The topological polar surface area (TPSA) is 84.8 Å². The van der Waals surface area contributed by atoms with Gasteiger partial charge in [-0.05, 0) is 58.7 Å². The zero-order chi connectivity index (χ0) is 20.4. The van der Waals surface area contributed by atoms with Gasteiger partial charge in [0.05, 0.1) is 12.3 Å². The lowest BCUT2D eigenvalue weighted by Gasteiger charge is -2.14. The molecule has 7 heteroatoms. The van der Waals surface area contributed by atoms with Crippen LogP contribution in [0.1, 0.15) is 56.1 Å². The largest absolute Gasteiger partial charge is 0.475 e. The second-order valence-corrected chi connectivity index (χ2v) is 7.75. The van der Waals surface area contributed by atoms with Crippen LogP contribution < -0.4 is 15.6 Å². The molecule has 0 aliphatic heterocycles. The van der Waals surface area contributed by atoms with Crippen molar-refractivity contribution in [3.05, 3.63) is 51.1 Å². The number of nitrogens with one attached hydrogen (secondary N) is 2. The quantitative estimate of drug-likeness (QED) is 0.653. The fourth-order valence-corrected chi connectivity index (χ4v) is 3.31. The van der Waals surface area contributed by atoms with E-state index in [2.05, 4.69) is 34.2 Å². The molecule has 3 aromatic heterocycles. The highest BCUT2D eigenvalue weighted by atomic mass is 16.5. The van der Waals surface area contributed by atoms with Crippen LogP contribution >= 0.6 is 0 Å². The first-order valence-corrected chi connectivity index (χ1v) is 9.70. The highest BCUT2D eigenvalue weighted by molar-refractivity contribution is 5.79. The molecule has 0 aliphatic rings. The Labute approximate surface area is 165 Å². The molecular formula is C21H29N5O2. The summed E-state index contributed by atoms with van der Waals surface area (Å²) in [6.07, 6.45) is 1.89. The molecule has 0 saturated heterocycles. The molecule has 0 bridgehead atoms. The Bertz CT molecular complexity index is 1030. The maximum absolute atomic E-state index is 12.2. The summed E-state index contributed by atoms with van der Waals surface area (Å²) in [5.74, 6) is 0.589. The lowest BCUT2D eigenvalue weighted by molar-refractivity contribution is 0.233. The van der Waals surface area contributed by atoms with Crippen LogP contribution in [-0.4, -0.2) is 25.9 Å². The lowest BCUT2D eigenvalue weighted by Crippen LogP contribution is -2.23. The average Bonchev–Trinajstić information content (AvgIpc) is 3.00. The van der Waals surface area contributed by atoms with Crippen molar-refractivity contribution < 1.29 is 4.74 Å². The van der Waals surface area contributed by atoms with E-state index in [1.54, 1.807) is 0 Å². The van der Waals surface area contributed by atoms with Crippen LogP contribution in [0.25, 0.3) is 11.0 Å². The third kappa shape index (κ3) is 4.25. The van der Waals surface area contributed by atoms with E-state index in [1.807, 2.05) is 50.7 Å². The van der Waals surface area contributed by atoms with Crippen LogP contribution in [0.3, 0.4) is 0 Å². The Hall–Kier alpha value is -2.67. The van der Waals surface area contributed by atoms with Crippen molar-refractivity contribution in [1.29, 1.82) is 0 Å². The summed E-state index contributed by atoms with van der Waals surface area (Å²) in [7, 11) is 0. The number of pyridine rings is 2. The summed E-state index contributed by atoms with van der Waals surface area (Å²) in [4.78, 5) is 19.8. The van der Waals surface area contributed by atoms with Crippen molar-refractivity contribution in [2.45, 2.75) is 66.8 Å². The maximum Gasteiger partial charge on any atom is 0.252 e. The van der Waals surface area contributed by atoms with Crippen LogP contribution in [0.15, 0.2) is 23.1 Å². The van der Waals surface area contributed by atoms with Crippen molar-refractivity contribution >= 4 is 11.0 Å². The van der Waals surface area contributed by atoms with Gasteiger partial charge >= 0.3 is 0 Å². The van der Waals surface area contributed by atoms with E-state index in [-0.39, 0.29) is 17.7 Å². The Morgan fingerprint density at radius 2 is 1.93 bits per heavy atom. The number of aryl methyl sites for hydroxylation is 2. The minimum atomic E-state index is -0.0404. The van der Waals surface area contributed by atoms with Crippen molar-refractivity contribution in [1.82, 2.24) is 25.1 Å². The number of fused-ring (bicyclic) bond motifs is 1. The number of ether oxygens (including phenoxy) is 1. The second kappa shape index (κ2) is 8.14. The highest BCUT2D eigenvalue weighted by Gasteiger charge is 2.15. The van der Waals surface area contributed by atoms with Gasteiger partial charge in [0.25, 0.3) is 5.56 Å². The van der Waals surface area contributed by atoms with Crippen LogP contribution in [0.4, 0.5) is 0 Å². The molecule has 7 nitrogen and oxygen atoms in total. The summed E-state index contributed by atoms with van der Waals surface area (Å²) in [6, 6.07) is 4.15. The summed E-state index contributed by atoms with van der Waals surface area (Å²) >= 11 is 0. The molecule has 3 aromatic rings. The zero-order valence-electron chi connectivity index (χ0n) is 17.5. The van der Waals surface area contributed by atoms with Gasteiger partial charge in [-0.15, -0.1) is 0 Å². The summed E-state index contributed by atoms with van der Waals surface area (Å²) in [6.45, 7) is 13.1. The second-order valence-electron chi connectivity index (χ2n) is 7.75. The van der Waals surface area contributed by atoms with Gasteiger partial charge in [-0.3, -0.25) is 4.79 Å². The van der Waals surface area contributed by atoms with Gasteiger partial charge in [-0.25, -0.2) is 4.68 Å². The Kier molecular flexibility index (Phi) is 5.84. The van der Waals surface area contributed by atoms with E-state index >= 15 is 0 Å². The van der Waals surface area contributed by atoms with Crippen molar-refractivity contribution in [2.75, 3.05) is 0 Å². The molecule has 0 radical (unpaired) electrons. The fourth-order valence-electron chi connectivity index (χ4n) is 3.31. The third-order valence-electron chi connectivity index (χ3n) is 4.59. The molecule has 0 aliphatic carbocycles. The molecular weight excluding hydrogens is 354 g/mol. The van der Waals surface area contributed by atoms with Crippen molar-refractivity contribution in [2.24, 2.45) is 0 Å². The van der Waals surface area contributed by atoms with E-state index in [0.29, 0.717) is 19.0 Å². The van der Waals surface area contributed by atoms with Gasteiger partial charge < -0.3 is 15.0 Å². The monoisotopic (exact) mass is 383 g/mol. The molecule has 28 heavy (non-hydrogen) atoms. The van der Waals surface area contributed by atoms with E-state index in [1.165, 1.54) is 0 Å². The molecule has 0 saturated carbocycles. The number of H-pyrrole nitrogens is 1. The zero-order valence-corrected chi connectivity index (χ0v) is 17.5. The molecule has 3 rings (SSSR count). The number of aromatic amines is 1. The van der Waals surface area contributed by atoms with E-state index in [4.69, 9.17) is 4.74 Å². The van der Waals surface area contributed by atoms with E-state index < -0.39 is 0 Å². The van der Waals surface area contributed by atoms with E-state index in [0.717, 1.165) is 33.4 Å². The third-order valence-corrected chi connectivity index (χ3v) is 4.59. The minimum absolute atomic E-state index is 0.0370. The maximum atomic E-state index is 12.2. The Morgan fingerprint density at radius 1 is 1.18 bits per heavy atom. The summed E-state index contributed by atoms with van der Waals surface area (Å²) in [5.41, 5.74) is 4.44. The molecule has 0 aromatic carbocycles. The predicted octanol–water partition coefficient (Wildman–Crippen LogP) is 3.39. The standard InChI is InChI=1S/C21H29N5O2/c1-12(2)26-20-18(11-23-26)16(8-19(25-20)28-13(3)4)9-22-10-17-14(5)7-15(6)24-21(17)27/h7-8,11-13,22H,9-10H2,1-6H3,(H,24,27). The van der Waals surface area contributed by atoms with Gasteiger partial charge in [0.1, 0.15) is 0 Å². The SMILES string of the molecule is Cc1cc(C)c(CNCc2cc(OC(C)C)nc3c2cnn3C(C)C)c(=O)[nH]1. The van der Waals surface area contributed by atoms with Crippen LogP contribution in [0, 0.1) is 13.8 Å². The van der Waals surface area contributed by atoms with Crippen LogP contribution in [0.5, 0.6) is 5.88 Å². The van der Waals surface area contributed by atoms with Crippen LogP contribution in [-0.2, 0) is 13.1 Å². The summed E-state index contributed by atoms with van der Waals surface area (Å²) in [5, 5.41) is 8.88. The number of hydrogen-bond donors (Lipinski definition) is 2. The average molecular weight is 383 g/mol. The molecule has 0 amide bonds. The first-order chi connectivity index (χ1) is 13.3. The molecule has 2 N–H and O–H groups in total. The Balaban J connectivity index is 1.88. The molecule has 150 valence electrons. The van der Waals surface area contributed by atoms with Gasteiger partial charge in [0.15, 0.2) is 5.65 Å². The normalized spacial score (nSPS) is 11.7. The predicted molar refractivity (Wildman–Crippen MR) is 111 cm³/mol. The molecule has 3 heterocycles. The van der Waals surface area contributed by atoms with Gasteiger partial charge in [0, 0.05) is 41.8 Å². The molecule has 0 spiro atoms. The highest BCUT2D eigenvalue weighted by Crippen LogP contribution is 2.24. The first-order valence-electron chi connectivity index (χ1n) is 9.70. The van der Waals surface area contributed by atoms with Gasteiger partial charge in [-0.1, -0.05) is 0 Å². The lowest BCUT2D eigenvalue weighted by atomic mass is 10.1. The minimum Gasteiger partial charge on any atom is -0.475 e. The van der Waals surface area contributed by atoms with E-state index in [9.17, 15) is 4.79 Å². The van der Waals surface area contributed by atoms with Crippen molar-refractivity contribution in [3.63, 3.8) is 0 Å². The van der Waals surface area contributed by atoms with Gasteiger partial charge in [-0.2, -0.15) is 10.1 Å². The van der Waals surface area contributed by atoms with Crippen molar-refractivity contribution in [3.8, 4) is 5.88 Å². The Morgan fingerprint density at radius 3 is 2.57 bits per heavy atom. The van der Waals surface area contributed by atoms with Gasteiger partial charge in [0.2, 0.25) is 5.88 Å². The fraction of sp³-hybridized carbons (Fsp3) is 0.476. The first kappa shape index (κ1) is 20.1. The number of nitrogens with zero attached hydrogens (tertiary/aromatic N) is 3. The number of rotatable bonds is 7. The number of aromatic nitrogens is 4. The molecule has 0 atom stereocenters. The summed E-state index contributed by atoms with van der Waals surface area (Å²) < 4.78 is 7.75.